The number of hydrogen-bond donors (Lipinski definition) is 2. The molecule has 1 aromatic heterocycles. The van der Waals surface area contributed by atoms with Gasteiger partial charge < -0.3 is 10.8 Å². The lowest BCUT2D eigenvalue weighted by Gasteiger charge is -2.18. The van der Waals surface area contributed by atoms with E-state index in [9.17, 15) is 13.2 Å². The SMILES string of the molecule is CN(Cc1cccs1)S(=O)(=O)c1cc(N)ccc1C(=O)O. The maximum atomic E-state index is 12.5. The van der Waals surface area contributed by atoms with Crippen molar-refractivity contribution >= 4 is 33.0 Å². The van der Waals surface area contributed by atoms with Gasteiger partial charge in [-0.05, 0) is 29.6 Å². The minimum absolute atomic E-state index is 0.174. The Kier molecular flexibility index (Phi) is 4.31. The highest BCUT2D eigenvalue weighted by molar-refractivity contribution is 7.89. The van der Waals surface area contributed by atoms with Gasteiger partial charge in [0.25, 0.3) is 0 Å². The standard InChI is InChI=1S/C13H14N2O4S2/c1-15(8-10-3-2-6-20-10)21(18,19)12-7-9(14)4-5-11(12)13(16)17/h2-7H,8,14H2,1H3,(H,16,17). The Hall–Kier alpha value is -1.90. The quantitative estimate of drug-likeness (QED) is 0.817. The molecule has 0 saturated carbocycles. The summed E-state index contributed by atoms with van der Waals surface area (Å²) >= 11 is 1.43. The van der Waals surface area contributed by atoms with Crippen LogP contribution in [-0.2, 0) is 16.6 Å². The van der Waals surface area contributed by atoms with Gasteiger partial charge in [0.15, 0.2) is 0 Å². The number of carboxylic acid groups (broad SMARTS) is 1. The van der Waals surface area contributed by atoms with Gasteiger partial charge >= 0.3 is 5.97 Å². The minimum atomic E-state index is -3.93. The molecule has 0 radical (unpaired) electrons. The molecule has 3 N–H and O–H groups in total. The normalized spacial score (nSPS) is 11.7. The van der Waals surface area contributed by atoms with Crippen LogP contribution in [0.5, 0.6) is 0 Å². The number of aromatic carboxylic acids is 1. The first-order valence-electron chi connectivity index (χ1n) is 5.94. The average molecular weight is 326 g/mol. The van der Waals surface area contributed by atoms with Crippen molar-refractivity contribution in [3.05, 3.63) is 46.2 Å². The second-order valence-corrected chi connectivity index (χ2v) is 7.45. The van der Waals surface area contributed by atoms with Gasteiger partial charge in [0.05, 0.1) is 10.5 Å². The zero-order valence-corrected chi connectivity index (χ0v) is 12.8. The summed E-state index contributed by atoms with van der Waals surface area (Å²) in [4.78, 5) is 11.8. The Morgan fingerprint density at radius 1 is 1.38 bits per heavy atom. The second-order valence-electron chi connectivity index (χ2n) is 4.40. The van der Waals surface area contributed by atoms with Gasteiger partial charge in [-0.1, -0.05) is 6.07 Å². The highest BCUT2D eigenvalue weighted by atomic mass is 32.2. The van der Waals surface area contributed by atoms with E-state index in [1.54, 1.807) is 0 Å². The largest absolute Gasteiger partial charge is 0.478 e. The van der Waals surface area contributed by atoms with E-state index < -0.39 is 16.0 Å². The van der Waals surface area contributed by atoms with Crippen LogP contribution in [0.25, 0.3) is 0 Å². The maximum absolute atomic E-state index is 12.5. The van der Waals surface area contributed by atoms with E-state index in [0.717, 1.165) is 9.18 Å². The summed E-state index contributed by atoms with van der Waals surface area (Å²) in [7, 11) is -2.53. The highest BCUT2D eigenvalue weighted by Gasteiger charge is 2.27. The van der Waals surface area contributed by atoms with Crippen LogP contribution in [0, 0.1) is 0 Å². The molecule has 0 bridgehead atoms. The monoisotopic (exact) mass is 326 g/mol. The molecule has 0 amide bonds. The number of sulfonamides is 1. The molecule has 0 unspecified atom stereocenters. The second kappa shape index (κ2) is 5.84. The van der Waals surface area contributed by atoms with Crippen LogP contribution in [0.3, 0.4) is 0 Å². The zero-order chi connectivity index (χ0) is 15.6. The summed E-state index contributed by atoms with van der Waals surface area (Å²) in [5.41, 5.74) is 5.49. The minimum Gasteiger partial charge on any atom is -0.478 e. The molecule has 0 atom stereocenters. The number of thiophene rings is 1. The number of carboxylic acids is 1. The Balaban J connectivity index is 2.43. The van der Waals surface area contributed by atoms with E-state index in [1.807, 2.05) is 17.5 Å². The Morgan fingerprint density at radius 3 is 2.67 bits per heavy atom. The van der Waals surface area contributed by atoms with Gasteiger partial charge in [-0.3, -0.25) is 0 Å². The van der Waals surface area contributed by atoms with E-state index in [1.165, 1.54) is 36.6 Å². The number of carbonyl (C=O) groups is 1. The molecule has 1 heterocycles. The molecular weight excluding hydrogens is 312 g/mol. The molecule has 1 aromatic carbocycles. The van der Waals surface area contributed by atoms with E-state index in [0.29, 0.717) is 0 Å². The fraction of sp³-hybridized carbons (Fsp3) is 0.154. The van der Waals surface area contributed by atoms with Gasteiger partial charge in [-0.15, -0.1) is 11.3 Å². The summed E-state index contributed by atoms with van der Waals surface area (Å²) in [6, 6.07) is 7.37. The number of rotatable bonds is 5. The smallest absolute Gasteiger partial charge is 0.337 e. The third kappa shape index (κ3) is 3.23. The van der Waals surface area contributed by atoms with Gasteiger partial charge in [0.1, 0.15) is 0 Å². The molecule has 0 saturated heterocycles. The van der Waals surface area contributed by atoms with Gasteiger partial charge in [0.2, 0.25) is 10.0 Å². The summed E-state index contributed by atoms with van der Waals surface area (Å²) < 4.78 is 26.2. The molecule has 0 aliphatic heterocycles. The summed E-state index contributed by atoms with van der Waals surface area (Å²) in [5, 5.41) is 11.0. The summed E-state index contributed by atoms with van der Waals surface area (Å²) in [5.74, 6) is -1.31. The first-order chi connectivity index (χ1) is 9.82. The highest BCUT2D eigenvalue weighted by Crippen LogP contribution is 2.24. The predicted molar refractivity (Wildman–Crippen MR) is 80.8 cm³/mol. The van der Waals surface area contributed by atoms with Crippen molar-refractivity contribution in [1.82, 2.24) is 4.31 Å². The topological polar surface area (TPSA) is 101 Å². The van der Waals surface area contributed by atoms with Crippen LogP contribution < -0.4 is 5.73 Å². The van der Waals surface area contributed by atoms with Crippen LogP contribution in [-0.4, -0.2) is 30.8 Å². The fourth-order valence-corrected chi connectivity index (χ4v) is 4.01. The van der Waals surface area contributed by atoms with Crippen molar-refractivity contribution in [2.75, 3.05) is 12.8 Å². The van der Waals surface area contributed by atoms with Crippen LogP contribution in [0.4, 0.5) is 5.69 Å². The molecular formula is C13H14N2O4S2. The van der Waals surface area contributed by atoms with Crippen molar-refractivity contribution < 1.29 is 18.3 Å². The fourth-order valence-electron chi connectivity index (χ4n) is 1.80. The lowest BCUT2D eigenvalue weighted by molar-refractivity contribution is 0.0692. The van der Waals surface area contributed by atoms with Crippen LogP contribution >= 0.6 is 11.3 Å². The van der Waals surface area contributed by atoms with Crippen molar-refractivity contribution in [1.29, 1.82) is 0 Å². The summed E-state index contributed by atoms with van der Waals surface area (Å²) in [6.07, 6.45) is 0. The molecule has 0 spiro atoms. The molecule has 112 valence electrons. The molecule has 0 aliphatic rings. The van der Waals surface area contributed by atoms with Gasteiger partial charge in [-0.2, -0.15) is 4.31 Å². The van der Waals surface area contributed by atoms with Crippen molar-refractivity contribution in [3.63, 3.8) is 0 Å². The molecule has 21 heavy (non-hydrogen) atoms. The van der Waals surface area contributed by atoms with E-state index in [-0.39, 0.29) is 22.7 Å². The molecule has 6 nitrogen and oxygen atoms in total. The Morgan fingerprint density at radius 2 is 2.10 bits per heavy atom. The van der Waals surface area contributed by atoms with Crippen LogP contribution in [0.1, 0.15) is 15.2 Å². The number of anilines is 1. The first-order valence-corrected chi connectivity index (χ1v) is 8.26. The number of nitrogen functional groups attached to an aromatic ring is 1. The van der Waals surface area contributed by atoms with E-state index >= 15 is 0 Å². The number of nitrogens with zero attached hydrogens (tertiary/aromatic N) is 1. The summed E-state index contributed by atoms with van der Waals surface area (Å²) in [6.45, 7) is 0.174. The zero-order valence-electron chi connectivity index (χ0n) is 11.2. The van der Waals surface area contributed by atoms with Crippen LogP contribution in [0.15, 0.2) is 40.6 Å². The van der Waals surface area contributed by atoms with Crippen molar-refractivity contribution in [3.8, 4) is 0 Å². The Bertz CT molecular complexity index is 754. The van der Waals surface area contributed by atoms with E-state index in [2.05, 4.69) is 0 Å². The molecule has 2 rings (SSSR count). The molecule has 0 fully saturated rings. The lowest BCUT2D eigenvalue weighted by Crippen LogP contribution is -2.27. The third-order valence-electron chi connectivity index (χ3n) is 2.88. The third-order valence-corrected chi connectivity index (χ3v) is 5.59. The lowest BCUT2D eigenvalue weighted by atomic mass is 10.2. The average Bonchev–Trinajstić information content (AvgIpc) is 2.91. The van der Waals surface area contributed by atoms with Gasteiger partial charge in [-0.25, -0.2) is 13.2 Å². The molecule has 0 aliphatic carbocycles. The number of nitrogens with two attached hydrogens (primary N) is 1. The van der Waals surface area contributed by atoms with Crippen molar-refractivity contribution in [2.45, 2.75) is 11.4 Å². The molecule has 8 heteroatoms. The Labute approximate surface area is 126 Å². The predicted octanol–water partition coefficient (Wildman–Crippen LogP) is 1.85. The first kappa shape index (κ1) is 15.5. The van der Waals surface area contributed by atoms with E-state index in [4.69, 9.17) is 10.8 Å². The maximum Gasteiger partial charge on any atom is 0.337 e. The van der Waals surface area contributed by atoms with Crippen LogP contribution in [0.2, 0.25) is 0 Å². The number of hydrogen-bond acceptors (Lipinski definition) is 5. The van der Waals surface area contributed by atoms with Crippen molar-refractivity contribution in [2.24, 2.45) is 0 Å². The van der Waals surface area contributed by atoms with Gasteiger partial charge in [0, 0.05) is 24.2 Å². The molecule has 2 aromatic rings. The number of benzene rings is 1.